The van der Waals surface area contributed by atoms with E-state index >= 15 is 0 Å². The number of rotatable bonds is 5. The van der Waals surface area contributed by atoms with E-state index in [4.69, 9.17) is 15.3 Å². The van der Waals surface area contributed by atoms with Gasteiger partial charge in [-0.05, 0) is 26.7 Å². The number of carboxylic acid groups (broad SMARTS) is 1. The molecule has 4 nitrogen and oxygen atoms in total. The maximum Gasteiger partial charge on any atom is 0.309 e. The van der Waals surface area contributed by atoms with Gasteiger partial charge in [-0.15, -0.1) is 0 Å². The lowest BCUT2D eigenvalue weighted by molar-refractivity contribution is -0.145. The lowest BCUT2D eigenvalue weighted by Crippen LogP contribution is -2.26. The van der Waals surface area contributed by atoms with Crippen molar-refractivity contribution >= 4 is 5.97 Å². The maximum absolute atomic E-state index is 10.5. The van der Waals surface area contributed by atoms with Crippen LogP contribution in [0.2, 0.25) is 0 Å². The van der Waals surface area contributed by atoms with Gasteiger partial charge in [0, 0.05) is 0 Å². The van der Waals surface area contributed by atoms with E-state index in [1.165, 1.54) is 6.92 Å². The highest BCUT2D eigenvalue weighted by molar-refractivity contribution is 5.70. The minimum absolute atomic E-state index is 0.310. The molecule has 12 heavy (non-hydrogen) atoms. The van der Waals surface area contributed by atoms with Gasteiger partial charge in [0.2, 0.25) is 0 Å². The highest BCUT2D eigenvalue weighted by Gasteiger charge is 2.22. The lowest BCUT2D eigenvalue weighted by atomic mass is 9.97. The largest absolute Gasteiger partial charge is 0.481 e. The summed E-state index contributed by atoms with van der Waals surface area (Å²) >= 11 is 0. The van der Waals surface area contributed by atoms with Gasteiger partial charge in [0.1, 0.15) is 0 Å². The van der Waals surface area contributed by atoms with Gasteiger partial charge in [-0.25, -0.2) is 0 Å². The molecule has 0 aromatic rings. The Morgan fingerprint density at radius 3 is 2.00 bits per heavy atom. The van der Waals surface area contributed by atoms with E-state index in [9.17, 15) is 4.79 Å². The van der Waals surface area contributed by atoms with Crippen molar-refractivity contribution in [2.75, 3.05) is 0 Å². The van der Waals surface area contributed by atoms with Crippen molar-refractivity contribution in [1.29, 1.82) is 0 Å². The molecular weight excluding hydrogens is 160 g/mol. The Bertz CT molecular complexity index is 142. The van der Waals surface area contributed by atoms with E-state index in [2.05, 4.69) is 0 Å². The van der Waals surface area contributed by atoms with E-state index in [-0.39, 0.29) is 0 Å². The molecule has 0 saturated carbocycles. The predicted molar refractivity (Wildman–Crippen MR) is 43.7 cm³/mol. The van der Waals surface area contributed by atoms with Crippen LogP contribution >= 0.6 is 0 Å². The first kappa shape index (κ1) is 11.4. The third-order valence-corrected chi connectivity index (χ3v) is 1.79. The summed E-state index contributed by atoms with van der Waals surface area (Å²) in [4.78, 5) is 10.5. The van der Waals surface area contributed by atoms with Crippen LogP contribution < -0.4 is 0 Å². The summed E-state index contributed by atoms with van der Waals surface area (Å²) in [5.74, 6) is -1.77. The molecule has 1 unspecified atom stereocenters. The summed E-state index contributed by atoms with van der Waals surface area (Å²) in [6.07, 6.45) is -0.654. The second-order valence-electron chi connectivity index (χ2n) is 3.11. The van der Waals surface area contributed by atoms with Crippen LogP contribution in [0.15, 0.2) is 0 Å². The summed E-state index contributed by atoms with van der Waals surface area (Å²) in [6, 6.07) is 0. The normalized spacial score (nSPS) is 18.3. The lowest BCUT2D eigenvalue weighted by Gasteiger charge is -2.15. The minimum atomic E-state index is -1.01. The fraction of sp³-hybridized carbons (Fsp3) is 0.875. The van der Waals surface area contributed by atoms with Crippen LogP contribution in [0.25, 0.3) is 0 Å². The molecule has 0 aliphatic carbocycles. The highest BCUT2D eigenvalue weighted by Crippen LogP contribution is 2.13. The van der Waals surface area contributed by atoms with Crippen LogP contribution in [-0.4, -0.2) is 33.5 Å². The van der Waals surface area contributed by atoms with E-state index in [0.717, 1.165) is 0 Å². The Labute approximate surface area is 71.8 Å². The van der Waals surface area contributed by atoms with Gasteiger partial charge in [0.05, 0.1) is 18.1 Å². The van der Waals surface area contributed by atoms with Gasteiger partial charge in [-0.1, -0.05) is 0 Å². The average molecular weight is 176 g/mol. The fourth-order valence-electron chi connectivity index (χ4n) is 0.992. The zero-order valence-corrected chi connectivity index (χ0v) is 7.40. The van der Waals surface area contributed by atoms with Crippen LogP contribution in [-0.2, 0) is 4.79 Å². The third kappa shape index (κ3) is 4.31. The molecule has 0 aromatic heterocycles. The molecule has 0 spiro atoms. The van der Waals surface area contributed by atoms with E-state index in [1.807, 2.05) is 0 Å². The molecule has 3 atom stereocenters. The first-order chi connectivity index (χ1) is 5.45. The number of aliphatic hydroxyl groups is 2. The van der Waals surface area contributed by atoms with Gasteiger partial charge in [-0.2, -0.15) is 0 Å². The zero-order valence-electron chi connectivity index (χ0n) is 7.40. The van der Waals surface area contributed by atoms with Crippen LogP contribution in [0.5, 0.6) is 0 Å². The summed E-state index contributed by atoms with van der Waals surface area (Å²) in [5.41, 5.74) is 0. The molecule has 0 amide bonds. The number of aliphatic hydroxyl groups excluding tert-OH is 2. The number of hydrogen-bond donors (Lipinski definition) is 3. The van der Waals surface area contributed by atoms with Gasteiger partial charge in [0.25, 0.3) is 0 Å². The first-order valence-corrected chi connectivity index (χ1v) is 4.04. The number of carboxylic acids is 1. The smallest absolute Gasteiger partial charge is 0.309 e. The molecule has 0 rings (SSSR count). The Kier molecular flexibility index (Phi) is 4.85. The molecule has 0 radical (unpaired) electrons. The van der Waals surface area contributed by atoms with Crippen molar-refractivity contribution < 1.29 is 20.1 Å². The Balaban J connectivity index is 3.88. The minimum Gasteiger partial charge on any atom is -0.481 e. The monoisotopic (exact) mass is 176 g/mol. The highest BCUT2D eigenvalue weighted by atomic mass is 16.4. The van der Waals surface area contributed by atoms with Crippen molar-refractivity contribution in [3.63, 3.8) is 0 Å². The van der Waals surface area contributed by atoms with Crippen LogP contribution in [0.1, 0.15) is 26.7 Å². The summed E-state index contributed by atoms with van der Waals surface area (Å²) in [5, 5.41) is 26.5. The first-order valence-electron chi connectivity index (χ1n) is 4.04. The van der Waals surface area contributed by atoms with Crippen LogP contribution in [0, 0.1) is 5.92 Å². The van der Waals surface area contributed by atoms with Gasteiger partial charge in [-0.3, -0.25) is 4.79 Å². The summed E-state index contributed by atoms with van der Waals surface area (Å²) in [7, 11) is 0. The predicted octanol–water partition coefficient (Wildman–Crippen LogP) is 0.229. The van der Waals surface area contributed by atoms with Gasteiger partial charge in [0.15, 0.2) is 0 Å². The average Bonchev–Trinajstić information content (AvgIpc) is 1.84. The molecular formula is C8H16O4. The van der Waals surface area contributed by atoms with Crippen LogP contribution in [0.3, 0.4) is 0 Å². The molecule has 72 valence electrons. The molecule has 0 bridgehead atoms. The fourth-order valence-corrected chi connectivity index (χ4v) is 0.992. The molecule has 3 N–H and O–H groups in total. The second-order valence-corrected chi connectivity index (χ2v) is 3.11. The quantitative estimate of drug-likeness (QED) is 0.560. The van der Waals surface area contributed by atoms with E-state index in [1.54, 1.807) is 6.92 Å². The summed E-state index contributed by atoms with van der Waals surface area (Å²) in [6.45, 7) is 3.04. The maximum atomic E-state index is 10.5. The standard InChI is InChI=1S/C8H16O4/c1-5(9)3-4-7(6(2)10)8(11)12/h5-7,9-10H,3-4H2,1-2H3,(H,11,12)/t5?,6-,7-/m1/s1. The zero-order chi connectivity index (χ0) is 9.72. The molecule has 4 heteroatoms. The Hall–Kier alpha value is -0.610. The van der Waals surface area contributed by atoms with Crippen molar-refractivity contribution in [3.05, 3.63) is 0 Å². The van der Waals surface area contributed by atoms with Crippen molar-refractivity contribution in [2.24, 2.45) is 5.92 Å². The molecule has 0 fully saturated rings. The number of aliphatic carboxylic acids is 1. The van der Waals surface area contributed by atoms with Crippen molar-refractivity contribution in [1.82, 2.24) is 0 Å². The second kappa shape index (κ2) is 5.11. The SMILES string of the molecule is CC(O)CC[C@@H](C(=O)O)[C@@H](C)O. The Morgan fingerprint density at radius 2 is 1.75 bits per heavy atom. The van der Waals surface area contributed by atoms with Gasteiger partial charge >= 0.3 is 5.97 Å². The summed E-state index contributed by atoms with van der Waals surface area (Å²) < 4.78 is 0. The molecule has 0 aliphatic rings. The third-order valence-electron chi connectivity index (χ3n) is 1.79. The Morgan fingerprint density at radius 1 is 1.25 bits per heavy atom. The molecule has 0 aliphatic heterocycles. The molecule has 0 aromatic carbocycles. The number of carbonyl (C=O) groups is 1. The van der Waals surface area contributed by atoms with Crippen molar-refractivity contribution in [2.45, 2.75) is 38.9 Å². The van der Waals surface area contributed by atoms with E-state index < -0.39 is 24.1 Å². The molecule has 0 heterocycles. The van der Waals surface area contributed by atoms with Gasteiger partial charge < -0.3 is 15.3 Å². The van der Waals surface area contributed by atoms with Crippen LogP contribution in [0.4, 0.5) is 0 Å². The molecule has 0 saturated heterocycles. The number of hydrogen-bond acceptors (Lipinski definition) is 3. The topological polar surface area (TPSA) is 77.8 Å². The van der Waals surface area contributed by atoms with E-state index in [0.29, 0.717) is 12.8 Å². The van der Waals surface area contributed by atoms with Crippen molar-refractivity contribution in [3.8, 4) is 0 Å².